The van der Waals surface area contributed by atoms with Gasteiger partial charge in [0.05, 0.1) is 23.6 Å². The lowest BCUT2D eigenvalue weighted by Gasteiger charge is -2.45. The Bertz CT molecular complexity index is 977. The van der Waals surface area contributed by atoms with Crippen molar-refractivity contribution in [3.05, 3.63) is 39.7 Å². The van der Waals surface area contributed by atoms with Gasteiger partial charge >= 0.3 is 12.3 Å². The lowest BCUT2D eigenvalue weighted by atomic mass is 9.74. The van der Waals surface area contributed by atoms with Gasteiger partial charge in [-0.3, -0.25) is 10.1 Å². The second kappa shape index (κ2) is 7.57. The van der Waals surface area contributed by atoms with Gasteiger partial charge in [-0.2, -0.15) is 13.2 Å². The summed E-state index contributed by atoms with van der Waals surface area (Å²) in [5, 5.41) is 20.9. The van der Waals surface area contributed by atoms with Crippen LogP contribution in [-0.4, -0.2) is 57.6 Å². The highest BCUT2D eigenvalue weighted by molar-refractivity contribution is 5.91. The minimum absolute atomic E-state index is 0.502. The minimum atomic E-state index is -5.00. The van der Waals surface area contributed by atoms with E-state index in [0.29, 0.717) is 4.90 Å². The summed E-state index contributed by atoms with van der Waals surface area (Å²) < 4.78 is 67.7. The first-order chi connectivity index (χ1) is 14.6. The van der Waals surface area contributed by atoms with E-state index in [9.17, 15) is 37.6 Å². The number of hydrogen-bond donors (Lipinski definition) is 1. The van der Waals surface area contributed by atoms with Crippen LogP contribution in [0.3, 0.4) is 0 Å². The Morgan fingerprint density at radius 1 is 1.34 bits per heavy atom. The number of aliphatic imine (C=N–C) groups is 1. The summed E-state index contributed by atoms with van der Waals surface area (Å²) in [5.74, 6) is -2.67. The van der Waals surface area contributed by atoms with Crippen LogP contribution in [0.4, 0.5) is 28.0 Å². The molecule has 3 rings (SSSR count). The maximum Gasteiger partial charge on any atom is 0.426 e. The normalized spacial score (nSPS) is 27.9. The molecule has 0 saturated carbocycles. The number of alkyl halides is 3. The third-order valence-electron chi connectivity index (χ3n) is 5.48. The molecule has 0 radical (unpaired) electrons. The number of nitro groups is 1. The van der Waals surface area contributed by atoms with Crippen molar-refractivity contribution in [2.75, 3.05) is 6.61 Å². The molecule has 2 aliphatic rings. The van der Waals surface area contributed by atoms with E-state index in [4.69, 9.17) is 9.47 Å². The van der Waals surface area contributed by atoms with Crippen LogP contribution in [0.1, 0.15) is 33.3 Å². The van der Waals surface area contributed by atoms with Gasteiger partial charge in [0.15, 0.2) is 0 Å². The third kappa shape index (κ3) is 3.85. The summed E-state index contributed by atoms with van der Waals surface area (Å²) in [6.45, 7) is 5.00. The Morgan fingerprint density at radius 2 is 1.97 bits per heavy atom. The summed E-state index contributed by atoms with van der Waals surface area (Å²) in [6, 6.07) is 1.53. The number of amidine groups is 1. The van der Waals surface area contributed by atoms with Crippen molar-refractivity contribution in [3.63, 3.8) is 0 Å². The van der Waals surface area contributed by atoms with E-state index in [0.717, 1.165) is 18.2 Å². The zero-order valence-electron chi connectivity index (χ0n) is 17.5. The van der Waals surface area contributed by atoms with Crippen molar-refractivity contribution in [1.29, 1.82) is 0 Å². The summed E-state index contributed by atoms with van der Waals surface area (Å²) in [7, 11) is 0. The van der Waals surface area contributed by atoms with Gasteiger partial charge in [0, 0.05) is 23.2 Å². The van der Waals surface area contributed by atoms with Gasteiger partial charge < -0.3 is 14.6 Å². The van der Waals surface area contributed by atoms with E-state index >= 15 is 0 Å². The van der Waals surface area contributed by atoms with Crippen LogP contribution >= 0.6 is 0 Å². The molecule has 2 unspecified atom stereocenters. The van der Waals surface area contributed by atoms with Crippen LogP contribution in [0, 0.1) is 21.8 Å². The molecule has 0 spiro atoms. The first-order valence-corrected chi connectivity index (χ1v) is 9.52. The van der Waals surface area contributed by atoms with Gasteiger partial charge in [0.25, 0.3) is 11.7 Å². The number of non-ortho nitro benzene ring substituents is 1. The molecular weight excluding hydrogens is 442 g/mol. The van der Waals surface area contributed by atoms with Gasteiger partial charge in [-0.05, 0) is 33.8 Å². The first-order valence-electron chi connectivity index (χ1n) is 9.52. The highest BCUT2D eigenvalue weighted by atomic mass is 19.4. The Morgan fingerprint density at radius 3 is 2.47 bits per heavy atom. The highest BCUT2D eigenvalue weighted by Gasteiger charge is 2.65. The average Bonchev–Trinajstić information content (AvgIpc) is 2.96. The fraction of sp³-hybridized carbons (Fsp3) is 0.579. The third-order valence-corrected chi connectivity index (χ3v) is 5.48. The smallest absolute Gasteiger partial charge is 0.426 e. The summed E-state index contributed by atoms with van der Waals surface area (Å²) in [4.78, 5) is 27.0. The van der Waals surface area contributed by atoms with Crippen LogP contribution in [0.2, 0.25) is 0 Å². The SMILES string of the molecule is C[C@H]1OC[C@]2(c3cc([N+](=O)[O-])ccc3F)N=C(N(C(=O)O)C(C)(C)C)OC(C(F)(F)F)C12. The Balaban J connectivity index is 2.35. The molecule has 4 atom stereocenters. The van der Waals surface area contributed by atoms with Crippen molar-refractivity contribution in [1.82, 2.24) is 4.90 Å². The molecule has 1 amide bonds. The molecule has 2 aliphatic heterocycles. The summed E-state index contributed by atoms with van der Waals surface area (Å²) in [6.07, 6.45) is -10.4. The largest absolute Gasteiger partial charge is 0.465 e. The summed E-state index contributed by atoms with van der Waals surface area (Å²) in [5.41, 5.74) is -4.45. The molecule has 13 heteroatoms. The van der Waals surface area contributed by atoms with Crippen LogP contribution in [-0.2, 0) is 15.0 Å². The fourth-order valence-electron chi connectivity index (χ4n) is 4.14. The molecule has 2 heterocycles. The maximum atomic E-state index is 14.9. The molecule has 176 valence electrons. The van der Waals surface area contributed by atoms with E-state index in [-0.39, 0.29) is 0 Å². The molecule has 9 nitrogen and oxygen atoms in total. The monoisotopic (exact) mass is 463 g/mol. The molecule has 0 bridgehead atoms. The number of nitro benzene ring substituents is 1. The number of ether oxygens (including phenoxy) is 2. The Labute approximate surface area is 179 Å². The number of halogens is 4. The standard InChI is InChI=1S/C19H21F4N3O6/c1-9-13-14(19(21,22)23)32-15(25(16(27)28)17(2,3)4)24-18(13,8-31-9)11-7-10(26(29)30)5-6-12(11)20/h5-7,9,13-14H,8H2,1-4H3,(H,27,28)/t9-,13?,14?,18-/m1/s1. The molecule has 1 aromatic carbocycles. The minimum Gasteiger partial charge on any atom is -0.465 e. The predicted octanol–water partition coefficient (Wildman–Crippen LogP) is 4.06. The van der Waals surface area contributed by atoms with Gasteiger partial charge in [0.2, 0.25) is 6.10 Å². The molecule has 0 aliphatic carbocycles. The van der Waals surface area contributed by atoms with Crippen LogP contribution in [0.25, 0.3) is 0 Å². The average molecular weight is 463 g/mol. The number of carbonyl (C=O) groups is 1. The number of benzene rings is 1. The van der Waals surface area contributed by atoms with E-state index in [1.807, 2.05) is 0 Å². The molecule has 0 aromatic heterocycles. The maximum absolute atomic E-state index is 14.9. The molecule has 1 N–H and O–H groups in total. The number of rotatable bonds is 2. The van der Waals surface area contributed by atoms with Gasteiger partial charge in [-0.1, -0.05) is 0 Å². The van der Waals surface area contributed by atoms with Crippen molar-refractivity contribution < 1.29 is 41.9 Å². The number of nitrogens with zero attached hydrogens (tertiary/aromatic N) is 3. The molecule has 1 aromatic rings. The second-order valence-electron chi connectivity index (χ2n) is 8.65. The quantitative estimate of drug-likeness (QED) is 0.402. The van der Waals surface area contributed by atoms with E-state index in [1.165, 1.54) is 27.7 Å². The molecule has 32 heavy (non-hydrogen) atoms. The fourth-order valence-corrected chi connectivity index (χ4v) is 4.14. The topological polar surface area (TPSA) is 114 Å². The summed E-state index contributed by atoms with van der Waals surface area (Å²) >= 11 is 0. The number of carboxylic acid groups (broad SMARTS) is 1. The lowest BCUT2D eigenvalue weighted by Crippen LogP contribution is -2.60. The van der Waals surface area contributed by atoms with Crippen molar-refractivity contribution >= 4 is 17.8 Å². The number of hydrogen-bond acceptors (Lipinski definition) is 6. The van der Waals surface area contributed by atoms with Crippen molar-refractivity contribution in [2.45, 2.75) is 57.2 Å². The zero-order chi connectivity index (χ0) is 24.2. The Kier molecular flexibility index (Phi) is 5.61. The van der Waals surface area contributed by atoms with Crippen molar-refractivity contribution in [2.24, 2.45) is 10.9 Å². The molecule has 1 fully saturated rings. The van der Waals surface area contributed by atoms with Gasteiger partial charge in [0.1, 0.15) is 11.4 Å². The molecular formula is C19H21F4N3O6. The van der Waals surface area contributed by atoms with E-state index in [2.05, 4.69) is 4.99 Å². The number of amides is 1. The zero-order valence-corrected chi connectivity index (χ0v) is 17.5. The predicted molar refractivity (Wildman–Crippen MR) is 102 cm³/mol. The van der Waals surface area contributed by atoms with Gasteiger partial charge in [-0.15, -0.1) is 0 Å². The van der Waals surface area contributed by atoms with Gasteiger partial charge in [-0.25, -0.2) is 19.1 Å². The Hall–Kier alpha value is -2.96. The van der Waals surface area contributed by atoms with Crippen LogP contribution < -0.4 is 0 Å². The second-order valence-corrected chi connectivity index (χ2v) is 8.65. The van der Waals surface area contributed by atoms with Crippen molar-refractivity contribution in [3.8, 4) is 0 Å². The van der Waals surface area contributed by atoms with Crippen LogP contribution in [0.5, 0.6) is 0 Å². The highest BCUT2D eigenvalue weighted by Crippen LogP contribution is 2.52. The molecule has 1 saturated heterocycles. The number of fused-ring (bicyclic) bond motifs is 1. The van der Waals surface area contributed by atoms with E-state index < -0.39 is 76.1 Å². The van der Waals surface area contributed by atoms with E-state index in [1.54, 1.807) is 0 Å². The lowest BCUT2D eigenvalue weighted by molar-refractivity contribution is -0.385. The first kappa shape index (κ1) is 23.7. The van der Waals surface area contributed by atoms with Crippen LogP contribution in [0.15, 0.2) is 23.2 Å².